The number of nitrogens with zero attached hydrogens (tertiary/aromatic N) is 3. The Bertz CT molecular complexity index is 924. The first-order chi connectivity index (χ1) is 15.7. The van der Waals surface area contributed by atoms with Crippen LogP contribution in [0.5, 0.6) is 5.75 Å². The number of halogens is 1. The highest BCUT2D eigenvalue weighted by atomic mass is 127. The minimum atomic E-state index is 0. The van der Waals surface area contributed by atoms with Crippen LogP contribution < -0.4 is 10.1 Å². The number of piperidine rings is 1. The number of benzene rings is 2. The van der Waals surface area contributed by atoms with Crippen LogP contribution in [0.4, 0.5) is 0 Å². The van der Waals surface area contributed by atoms with Gasteiger partial charge in [-0.05, 0) is 61.1 Å². The van der Waals surface area contributed by atoms with Gasteiger partial charge in [-0.25, -0.2) is 0 Å². The number of carbonyl (C=O) groups is 1. The molecule has 7 heteroatoms. The van der Waals surface area contributed by atoms with Gasteiger partial charge in [-0.15, -0.1) is 24.0 Å². The molecule has 1 atom stereocenters. The average molecular weight is 562 g/mol. The molecule has 1 N–H and O–H groups in total. The van der Waals surface area contributed by atoms with E-state index in [4.69, 9.17) is 4.74 Å². The van der Waals surface area contributed by atoms with Crippen molar-refractivity contribution in [3.05, 3.63) is 65.2 Å². The molecule has 4 rings (SSSR count). The third-order valence-electron chi connectivity index (χ3n) is 6.58. The molecule has 0 saturated carbocycles. The van der Waals surface area contributed by atoms with E-state index in [2.05, 4.69) is 27.3 Å². The maximum absolute atomic E-state index is 12.7. The highest BCUT2D eigenvalue weighted by Crippen LogP contribution is 2.28. The number of rotatable bonds is 5. The van der Waals surface area contributed by atoms with E-state index in [9.17, 15) is 4.79 Å². The van der Waals surface area contributed by atoms with Crippen LogP contribution in [-0.4, -0.2) is 62.0 Å². The quantitative estimate of drug-likeness (QED) is 0.331. The van der Waals surface area contributed by atoms with Crippen molar-refractivity contribution in [3.63, 3.8) is 0 Å². The SMILES string of the molecule is CN=C(NCc1ccc(C(=O)N2CCCCC2)cc1)N1CCC(c2ccc(OC)cc2)C1.I. The number of carbonyl (C=O) groups excluding carboxylic acids is 1. The number of nitrogens with one attached hydrogen (secondary N) is 1. The van der Waals surface area contributed by atoms with Crippen LogP contribution in [-0.2, 0) is 6.54 Å². The Balaban J connectivity index is 0.00000306. The second kappa shape index (κ2) is 12.3. The molecule has 0 radical (unpaired) electrons. The van der Waals surface area contributed by atoms with Gasteiger partial charge in [-0.1, -0.05) is 24.3 Å². The van der Waals surface area contributed by atoms with Gasteiger partial charge < -0.3 is 19.9 Å². The second-order valence-corrected chi connectivity index (χ2v) is 8.66. The predicted molar refractivity (Wildman–Crippen MR) is 144 cm³/mol. The molecule has 2 aromatic carbocycles. The first kappa shape index (κ1) is 25.3. The van der Waals surface area contributed by atoms with Crippen LogP contribution in [0.2, 0.25) is 0 Å². The molecule has 2 aliphatic rings. The van der Waals surface area contributed by atoms with Crippen LogP contribution in [0.15, 0.2) is 53.5 Å². The Hall–Kier alpha value is -2.29. The summed E-state index contributed by atoms with van der Waals surface area (Å²) in [5.41, 5.74) is 3.27. The minimum Gasteiger partial charge on any atom is -0.497 e. The van der Waals surface area contributed by atoms with Gasteiger partial charge in [-0.3, -0.25) is 9.79 Å². The lowest BCUT2D eigenvalue weighted by Gasteiger charge is -2.26. The molecule has 2 fully saturated rings. The molecule has 178 valence electrons. The van der Waals surface area contributed by atoms with Gasteiger partial charge in [0.25, 0.3) is 5.91 Å². The normalized spacial score (nSPS) is 18.6. The molecule has 0 aromatic heterocycles. The zero-order valence-electron chi connectivity index (χ0n) is 19.6. The van der Waals surface area contributed by atoms with Gasteiger partial charge in [0.2, 0.25) is 0 Å². The van der Waals surface area contributed by atoms with E-state index in [1.165, 1.54) is 12.0 Å². The fraction of sp³-hybridized carbons (Fsp3) is 0.462. The zero-order valence-corrected chi connectivity index (χ0v) is 22.0. The summed E-state index contributed by atoms with van der Waals surface area (Å²) in [5.74, 6) is 2.47. The van der Waals surface area contributed by atoms with Crippen LogP contribution in [0.1, 0.15) is 53.1 Å². The van der Waals surface area contributed by atoms with Crippen LogP contribution in [0.3, 0.4) is 0 Å². The van der Waals surface area contributed by atoms with E-state index >= 15 is 0 Å². The number of amides is 1. The summed E-state index contributed by atoms with van der Waals surface area (Å²) >= 11 is 0. The fourth-order valence-electron chi connectivity index (χ4n) is 4.66. The molecule has 2 heterocycles. The standard InChI is InChI=1S/C26H34N4O2.HI/c1-27-26(30-17-14-23(19-30)21-10-12-24(32-2)13-11-21)28-18-20-6-8-22(9-7-20)25(31)29-15-4-3-5-16-29;/h6-13,23H,3-5,14-19H2,1-2H3,(H,27,28);1H. The van der Waals surface area contributed by atoms with Crippen LogP contribution in [0.25, 0.3) is 0 Å². The Labute approximate surface area is 214 Å². The number of methoxy groups -OCH3 is 1. The zero-order chi connectivity index (χ0) is 22.3. The van der Waals surface area contributed by atoms with E-state index in [0.717, 1.165) is 68.3 Å². The van der Waals surface area contributed by atoms with Crippen molar-refractivity contribution in [2.45, 2.75) is 38.1 Å². The van der Waals surface area contributed by atoms with Crippen molar-refractivity contribution in [2.75, 3.05) is 40.3 Å². The van der Waals surface area contributed by atoms with E-state index in [1.807, 2.05) is 48.3 Å². The number of ether oxygens (including phenoxy) is 1. The van der Waals surface area contributed by atoms with Crippen molar-refractivity contribution in [1.82, 2.24) is 15.1 Å². The summed E-state index contributed by atoms with van der Waals surface area (Å²) in [7, 11) is 3.53. The number of hydrogen-bond donors (Lipinski definition) is 1. The highest BCUT2D eigenvalue weighted by molar-refractivity contribution is 14.0. The molecular formula is C26H35IN4O2. The summed E-state index contributed by atoms with van der Waals surface area (Å²) in [5, 5.41) is 3.49. The van der Waals surface area contributed by atoms with Crippen molar-refractivity contribution in [2.24, 2.45) is 4.99 Å². The third kappa shape index (κ3) is 6.40. The van der Waals surface area contributed by atoms with Gasteiger partial charge >= 0.3 is 0 Å². The number of guanidine groups is 1. The minimum absolute atomic E-state index is 0. The smallest absolute Gasteiger partial charge is 0.253 e. The molecule has 2 saturated heterocycles. The van der Waals surface area contributed by atoms with Crippen molar-refractivity contribution < 1.29 is 9.53 Å². The third-order valence-corrected chi connectivity index (χ3v) is 6.58. The lowest BCUT2D eigenvalue weighted by atomic mass is 9.98. The van der Waals surface area contributed by atoms with E-state index in [-0.39, 0.29) is 29.9 Å². The summed E-state index contributed by atoms with van der Waals surface area (Å²) in [6.07, 6.45) is 4.57. The first-order valence-electron chi connectivity index (χ1n) is 11.7. The lowest BCUT2D eigenvalue weighted by Crippen LogP contribution is -2.39. The monoisotopic (exact) mass is 562 g/mol. The molecule has 6 nitrogen and oxygen atoms in total. The predicted octanol–water partition coefficient (Wildman–Crippen LogP) is 4.50. The van der Waals surface area contributed by atoms with Gasteiger partial charge in [0.05, 0.1) is 7.11 Å². The second-order valence-electron chi connectivity index (χ2n) is 8.66. The molecule has 1 unspecified atom stereocenters. The summed E-state index contributed by atoms with van der Waals surface area (Å²) in [6, 6.07) is 16.4. The van der Waals surface area contributed by atoms with Gasteiger partial charge in [0.15, 0.2) is 5.96 Å². The average Bonchev–Trinajstić information content (AvgIpc) is 3.35. The molecule has 0 aliphatic carbocycles. The highest BCUT2D eigenvalue weighted by Gasteiger charge is 2.26. The molecule has 2 aromatic rings. The Morgan fingerprint density at radius 3 is 2.33 bits per heavy atom. The molecule has 0 bridgehead atoms. The fourth-order valence-corrected chi connectivity index (χ4v) is 4.66. The Morgan fingerprint density at radius 1 is 1.00 bits per heavy atom. The van der Waals surface area contributed by atoms with Gasteiger partial charge in [-0.2, -0.15) is 0 Å². The summed E-state index contributed by atoms with van der Waals surface area (Å²) in [4.78, 5) is 21.5. The van der Waals surface area contributed by atoms with Gasteiger partial charge in [0.1, 0.15) is 5.75 Å². The lowest BCUT2D eigenvalue weighted by molar-refractivity contribution is 0.0724. The molecule has 2 aliphatic heterocycles. The van der Waals surface area contributed by atoms with Crippen molar-refractivity contribution in [1.29, 1.82) is 0 Å². The van der Waals surface area contributed by atoms with Gasteiger partial charge in [0, 0.05) is 51.3 Å². The molecule has 0 spiro atoms. The molecule has 1 amide bonds. The Morgan fingerprint density at radius 2 is 1.70 bits per heavy atom. The van der Waals surface area contributed by atoms with Crippen molar-refractivity contribution in [3.8, 4) is 5.75 Å². The Kier molecular flexibility index (Phi) is 9.41. The van der Waals surface area contributed by atoms with Crippen molar-refractivity contribution >= 4 is 35.8 Å². The molecular weight excluding hydrogens is 527 g/mol. The first-order valence-corrected chi connectivity index (χ1v) is 11.7. The van der Waals surface area contributed by atoms with E-state index in [1.54, 1.807) is 7.11 Å². The maximum Gasteiger partial charge on any atom is 0.253 e. The number of likely N-dealkylation sites (tertiary alicyclic amines) is 2. The van der Waals surface area contributed by atoms with E-state index in [0.29, 0.717) is 12.5 Å². The van der Waals surface area contributed by atoms with Crippen LogP contribution >= 0.6 is 24.0 Å². The van der Waals surface area contributed by atoms with Crippen LogP contribution in [0, 0.1) is 0 Å². The largest absolute Gasteiger partial charge is 0.497 e. The number of aliphatic imine (C=N–C) groups is 1. The maximum atomic E-state index is 12.7. The summed E-state index contributed by atoms with van der Waals surface area (Å²) in [6.45, 7) is 4.39. The molecule has 33 heavy (non-hydrogen) atoms. The number of hydrogen-bond acceptors (Lipinski definition) is 3. The van der Waals surface area contributed by atoms with E-state index < -0.39 is 0 Å². The topological polar surface area (TPSA) is 57.2 Å². The summed E-state index contributed by atoms with van der Waals surface area (Å²) < 4.78 is 5.27.